The van der Waals surface area contributed by atoms with Gasteiger partial charge >= 0.3 is 5.97 Å². The molecule has 3 unspecified atom stereocenters. The number of nitrogens with zero attached hydrogens (tertiary/aromatic N) is 1. The zero-order chi connectivity index (χ0) is 17.9. The molecule has 26 heavy (non-hydrogen) atoms. The first-order chi connectivity index (χ1) is 12.6. The Morgan fingerprint density at radius 3 is 2.81 bits per heavy atom. The number of carbonyl (C=O) groups is 1. The Bertz CT molecular complexity index is 723. The second-order valence-electron chi connectivity index (χ2n) is 9.16. The van der Waals surface area contributed by atoms with Gasteiger partial charge in [-0.05, 0) is 93.6 Å². The van der Waals surface area contributed by atoms with E-state index in [1.807, 2.05) is 0 Å². The number of rotatable bonds is 1. The number of ether oxygens (including phenoxy) is 1. The third kappa shape index (κ3) is 2.02. The molecule has 5 rings (SSSR count). The molecule has 4 heteroatoms. The second-order valence-corrected chi connectivity index (χ2v) is 9.16. The van der Waals surface area contributed by atoms with Crippen molar-refractivity contribution in [1.82, 2.24) is 0 Å². The molecule has 1 heterocycles. The summed E-state index contributed by atoms with van der Waals surface area (Å²) in [6, 6.07) is 0. The van der Waals surface area contributed by atoms with Gasteiger partial charge in [-0.3, -0.25) is 0 Å². The molecule has 1 N–H and O–H groups in total. The summed E-state index contributed by atoms with van der Waals surface area (Å²) in [5.41, 5.74) is 2.20. The van der Waals surface area contributed by atoms with E-state index in [2.05, 4.69) is 24.2 Å². The first kappa shape index (κ1) is 16.6. The van der Waals surface area contributed by atoms with Crippen LogP contribution in [0.15, 0.2) is 29.0 Å². The highest BCUT2D eigenvalue weighted by Gasteiger charge is 2.66. The highest BCUT2D eigenvalue weighted by atomic mass is 16.6. The Morgan fingerprint density at radius 1 is 1.19 bits per heavy atom. The molecule has 1 spiro atoms. The van der Waals surface area contributed by atoms with Crippen LogP contribution < -0.4 is 0 Å². The van der Waals surface area contributed by atoms with E-state index in [4.69, 9.17) is 9.94 Å². The quantitative estimate of drug-likeness (QED) is 0.424. The Labute approximate surface area is 155 Å². The largest absolute Gasteiger partial charge is 0.451 e. The van der Waals surface area contributed by atoms with E-state index < -0.39 is 0 Å². The molecule has 0 aromatic carbocycles. The lowest BCUT2D eigenvalue weighted by atomic mass is 9.49. The van der Waals surface area contributed by atoms with Gasteiger partial charge in [0.2, 0.25) is 0 Å². The standard InChI is InChI=1S/C22H29NO3/c1-2-21-10-7-17-16-6-4-15(23-25)13-14(16)3-5-18(17)19(21)8-11-22(21)12-9-20(24)26-22/h9,12-13,16-19,25H,2-8,10-11H2,1H3/b23-15+/t16-,17?,18?,19?,21-,22+/m0/s1. The van der Waals surface area contributed by atoms with Gasteiger partial charge in [0, 0.05) is 11.5 Å². The zero-order valence-corrected chi connectivity index (χ0v) is 15.6. The van der Waals surface area contributed by atoms with Crippen molar-refractivity contribution in [3.05, 3.63) is 23.8 Å². The summed E-state index contributed by atoms with van der Waals surface area (Å²) in [4.78, 5) is 11.9. The maximum absolute atomic E-state index is 11.9. The van der Waals surface area contributed by atoms with Crippen LogP contribution in [0.4, 0.5) is 0 Å². The smallest absolute Gasteiger partial charge is 0.331 e. The van der Waals surface area contributed by atoms with Gasteiger partial charge in [-0.15, -0.1) is 0 Å². The SMILES string of the molecule is CC[C@]12CCC3C(CCC4=C/C(=N/O)CC[C@@H]43)C1CC[C@@]21C=CC(=O)O1. The number of carbonyl (C=O) groups excluding carboxylic acids is 1. The van der Waals surface area contributed by atoms with Crippen LogP contribution in [0.25, 0.3) is 0 Å². The van der Waals surface area contributed by atoms with Crippen LogP contribution in [0, 0.1) is 29.1 Å². The third-order valence-corrected chi connectivity index (χ3v) is 8.72. The van der Waals surface area contributed by atoms with E-state index in [1.165, 1.54) is 31.3 Å². The van der Waals surface area contributed by atoms with Crippen molar-refractivity contribution < 1.29 is 14.7 Å². The lowest BCUT2D eigenvalue weighted by Crippen LogP contribution is -2.53. The minimum absolute atomic E-state index is 0.141. The second kappa shape index (κ2) is 5.71. The first-order valence-corrected chi connectivity index (χ1v) is 10.5. The lowest BCUT2D eigenvalue weighted by Gasteiger charge is -2.56. The summed E-state index contributed by atoms with van der Waals surface area (Å²) in [6.07, 6.45) is 16.1. The molecule has 3 saturated carbocycles. The summed E-state index contributed by atoms with van der Waals surface area (Å²) in [6.45, 7) is 2.30. The van der Waals surface area contributed by atoms with Crippen LogP contribution in [0.2, 0.25) is 0 Å². The Morgan fingerprint density at radius 2 is 2.08 bits per heavy atom. The van der Waals surface area contributed by atoms with Gasteiger partial charge in [0.1, 0.15) is 5.60 Å². The average molecular weight is 355 g/mol. The maximum atomic E-state index is 11.9. The number of fused-ring (bicyclic) bond motifs is 6. The van der Waals surface area contributed by atoms with Gasteiger partial charge in [-0.2, -0.15) is 0 Å². The molecular weight excluding hydrogens is 326 g/mol. The Balaban J connectivity index is 1.47. The first-order valence-electron chi connectivity index (χ1n) is 10.5. The summed E-state index contributed by atoms with van der Waals surface area (Å²) >= 11 is 0. The van der Waals surface area contributed by atoms with Crippen LogP contribution in [0.5, 0.6) is 0 Å². The maximum Gasteiger partial charge on any atom is 0.331 e. The highest BCUT2D eigenvalue weighted by Crippen LogP contribution is 2.68. The van der Waals surface area contributed by atoms with Crippen molar-refractivity contribution in [2.24, 2.45) is 34.2 Å². The molecular formula is C22H29NO3. The predicted molar refractivity (Wildman–Crippen MR) is 98.9 cm³/mol. The van der Waals surface area contributed by atoms with Crippen LogP contribution in [0.1, 0.15) is 64.7 Å². The van der Waals surface area contributed by atoms with Crippen molar-refractivity contribution in [2.45, 2.75) is 70.3 Å². The molecule has 140 valence electrons. The third-order valence-electron chi connectivity index (χ3n) is 8.72. The van der Waals surface area contributed by atoms with Crippen molar-refractivity contribution in [3.63, 3.8) is 0 Å². The lowest BCUT2D eigenvalue weighted by molar-refractivity contribution is -0.164. The summed E-state index contributed by atoms with van der Waals surface area (Å²) in [7, 11) is 0. The van der Waals surface area contributed by atoms with Gasteiger partial charge in [-0.25, -0.2) is 4.79 Å². The molecule has 0 amide bonds. The zero-order valence-electron chi connectivity index (χ0n) is 15.6. The molecule has 0 saturated heterocycles. The number of hydrogen-bond donors (Lipinski definition) is 1. The van der Waals surface area contributed by atoms with Gasteiger partial charge in [0.15, 0.2) is 0 Å². The van der Waals surface area contributed by atoms with Crippen LogP contribution in [-0.4, -0.2) is 22.5 Å². The van der Waals surface area contributed by atoms with E-state index >= 15 is 0 Å². The van der Waals surface area contributed by atoms with Crippen molar-refractivity contribution in [2.75, 3.05) is 0 Å². The Hall–Kier alpha value is -1.58. The molecule has 4 aliphatic carbocycles. The summed E-state index contributed by atoms with van der Waals surface area (Å²) in [5, 5.41) is 12.6. The summed E-state index contributed by atoms with van der Waals surface area (Å²) < 4.78 is 5.98. The minimum atomic E-state index is -0.326. The van der Waals surface area contributed by atoms with Gasteiger partial charge < -0.3 is 9.94 Å². The molecule has 0 aromatic rings. The number of hydrogen-bond acceptors (Lipinski definition) is 4. The summed E-state index contributed by atoms with van der Waals surface area (Å²) in [5.74, 6) is 2.72. The molecule has 4 nitrogen and oxygen atoms in total. The number of allylic oxidation sites excluding steroid dienone is 2. The predicted octanol–water partition coefficient (Wildman–Crippen LogP) is 4.63. The normalized spacial score (nSPS) is 48.1. The van der Waals surface area contributed by atoms with E-state index in [9.17, 15) is 4.79 Å². The van der Waals surface area contributed by atoms with Crippen molar-refractivity contribution in [3.8, 4) is 0 Å². The fourth-order valence-corrected chi connectivity index (χ4v) is 7.71. The van der Waals surface area contributed by atoms with Crippen LogP contribution in [0.3, 0.4) is 0 Å². The molecule has 1 aliphatic heterocycles. The van der Waals surface area contributed by atoms with E-state index in [0.29, 0.717) is 11.8 Å². The van der Waals surface area contributed by atoms with Gasteiger partial charge in [0.25, 0.3) is 0 Å². The molecule has 6 atom stereocenters. The molecule has 0 bridgehead atoms. The van der Waals surface area contributed by atoms with Crippen LogP contribution in [-0.2, 0) is 9.53 Å². The molecule has 3 fully saturated rings. The fourth-order valence-electron chi connectivity index (χ4n) is 7.71. The number of oxime groups is 1. The van der Waals surface area contributed by atoms with Crippen molar-refractivity contribution in [1.29, 1.82) is 0 Å². The fraction of sp³-hybridized carbons (Fsp3) is 0.727. The Kier molecular flexibility index (Phi) is 3.64. The highest BCUT2D eigenvalue weighted by molar-refractivity contribution is 5.96. The van der Waals surface area contributed by atoms with Gasteiger partial charge in [0.05, 0.1) is 5.71 Å². The van der Waals surface area contributed by atoms with Crippen molar-refractivity contribution >= 4 is 11.7 Å². The molecule has 0 radical (unpaired) electrons. The van der Waals surface area contributed by atoms with E-state index in [1.54, 1.807) is 6.08 Å². The van der Waals surface area contributed by atoms with E-state index in [0.717, 1.165) is 49.7 Å². The number of esters is 1. The molecule has 5 aliphatic rings. The molecule has 0 aromatic heterocycles. The monoisotopic (exact) mass is 355 g/mol. The van der Waals surface area contributed by atoms with Crippen LogP contribution >= 0.6 is 0 Å². The minimum Gasteiger partial charge on any atom is -0.451 e. The van der Waals surface area contributed by atoms with E-state index in [-0.39, 0.29) is 17.0 Å². The van der Waals surface area contributed by atoms with Gasteiger partial charge in [-0.1, -0.05) is 17.7 Å². The average Bonchev–Trinajstić information content (AvgIpc) is 3.22. The topological polar surface area (TPSA) is 58.9 Å².